The van der Waals surface area contributed by atoms with Crippen molar-refractivity contribution in [3.63, 3.8) is 0 Å². The molecule has 28 heavy (non-hydrogen) atoms. The molecule has 7 heteroatoms. The second kappa shape index (κ2) is 7.13. The van der Waals surface area contributed by atoms with Gasteiger partial charge in [-0.3, -0.25) is 14.4 Å². The molecule has 0 atom stereocenters. The van der Waals surface area contributed by atoms with Gasteiger partial charge in [-0.1, -0.05) is 23.2 Å². The van der Waals surface area contributed by atoms with Crippen LogP contribution in [0.2, 0.25) is 5.02 Å². The first-order valence-electron chi connectivity index (χ1n) is 8.88. The SMILES string of the molecule is Cc1ccc2oc(C(=O)Nc3ccc(N4CCCC4=O)c(Cl)c3)cc(=O)c2c1. The molecule has 1 N–H and O–H groups in total. The lowest BCUT2D eigenvalue weighted by molar-refractivity contribution is -0.117. The number of nitrogens with zero attached hydrogens (tertiary/aromatic N) is 1. The van der Waals surface area contributed by atoms with Crippen LogP contribution in [0.4, 0.5) is 11.4 Å². The number of carbonyl (C=O) groups excluding carboxylic acids is 2. The zero-order valence-electron chi connectivity index (χ0n) is 15.1. The fourth-order valence-electron chi connectivity index (χ4n) is 3.28. The summed E-state index contributed by atoms with van der Waals surface area (Å²) in [6.07, 6.45) is 1.31. The van der Waals surface area contributed by atoms with Crippen LogP contribution < -0.4 is 15.6 Å². The lowest BCUT2D eigenvalue weighted by Crippen LogP contribution is -2.24. The number of fused-ring (bicyclic) bond motifs is 1. The highest BCUT2D eigenvalue weighted by Gasteiger charge is 2.24. The first-order chi connectivity index (χ1) is 13.4. The van der Waals surface area contributed by atoms with E-state index in [2.05, 4.69) is 5.32 Å². The highest BCUT2D eigenvalue weighted by atomic mass is 35.5. The Labute approximate surface area is 165 Å². The van der Waals surface area contributed by atoms with Crippen LogP contribution in [0.15, 0.2) is 51.7 Å². The van der Waals surface area contributed by atoms with Crippen LogP contribution in [0.1, 0.15) is 29.0 Å². The number of halogens is 1. The Balaban J connectivity index is 1.59. The molecule has 0 radical (unpaired) electrons. The maximum absolute atomic E-state index is 12.5. The van der Waals surface area contributed by atoms with E-state index >= 15 is 0 Å². The van der Waals surface area contributed by atoms with Gasteiger partial charge in [0.1, 0.15) is 5.58 Å². The first-order valence-corrected chi connectivity index (χ1v) is 9.26. The Morgan fingerprint density at radius 1 is 1.14 bits per heavy atom. The average molecular weight is 397 g/mol. The highest BCUT2D eigenvalue weighted by molar-refractivity contribution is 6.34. The summed E-state index contributed by atoms with van der Waals surface area (Å²) in [6, 6.07) is 11.3. The van der Waals surface area contributed by atoms with Gasteiger partial charge in [0.05, 0.1) is 16.1 Å². The molecule has 2 heterocycles. The molecule has 0 aliphatic carbocycles. The summed E-state index contributed by atoms with van der Waals surface area (Å²) in [7, 11) is 0. The van der Waals surface area contributed by atoms with E-state index in [1.54, 1.807) is 35.2 Å². The quantitative estimate of drug-likeness (QED) is 0.721. The number of rotatable bonds is 3. The second-order valence-electron chi connectivity index (χ2n) is 6.74. The van der Waals surface area contributed by atoms with Gasteiger partial charge in [-0.25, -0.2) is 0 Å². The lowest BCUT2D eigenvalue weighted by Gasteiger charge is -2.18. The number of amides is 2. The zero-order chi connectivity index (χ0) is 19.8. The van der Waals surface area contributed by atoms with E-state index in [9.17, 15) is 14.4 Å². The van der Waals surface area contributed by atoms with Crippen molar-refractivity contribution < 1.29 is 14.0 Å². The van der Waals surface area contributed by atoms with Crippen LogP contribution in [-0.4, -0.2) is 18.4 Å². The Bertz CT molecular complexity index is 1170. The van der Waals surface area contributed by atoms with Crippen molar-refractivity contribution in [1.82, 2.24) is 0 Å². The van der Waals surface area contributed by atoms with E-state index in [0.717, 1.165) is 12.0 Å². The fourth-order valence-corrected chi connectivity index (χ4v) is 3.56. The molecule has 0 spiro atoms. The molecular weight excluding hydrogens is 380 g/mol. The molecule has 1 aliphatic rings. The maximum atomic E-state index is 12.5. The molecule has 1 aliphatic heterocycles. The van der Waals surface area contributed by atoms with Gasteiger partial charge in [0.2, 0.25) is 5.91 Å². The predicted molar refractivity (Wildman–Crippen MR) is 108 cm³/mol. The zero-order valence-corrected chi connectivity index (χ0v) is 15.9. The Kier molecular flexibility index (Phi) is 4.65. The van der Waals surface area contributed by atoms with Gasteiger partial charge >= 0.3 is 0 Å². The standard InChI is InChI=1S/C21H17ClN2O4/c1-12-4-7-18-14(9-12)17(25)11-19(28-18)21(27)23-13-5-6-16(15(22)10-13)24-8-2-3-20(24)26/h4-7,9-11H,2-3,8H2,1H3,(H,23,27). The van der Waals surface area contributed by atoms with Gasteiger partial charge in [-0.15, -0.1) is 0 Å². The molecule has 142 valence electrons. The van der Waals surface area contributed by atoms with Crippen molar-refractivity contribution in [1.29, 1.82) is 0 Å². The highest BCUT2D eigenvalue weighted by Crippen LogP contribution is 2.31. The molecule has 3 aromatic rings. The summed E-state index contributed by atoms with van der Waals surface area (Å²) in [4.78, 5) is 38.3. The van der Waals surface area contributed by atoms with E-state index in [1.807, 2.05) is 13.0 Å². The predicted octanol–water partition coefficient (Wildman–Crippen LogP) is 4.13. The van der Waals surface area contributed by atoms with Crippen molar-refractivity contribution in [3.05, 3.63) is 69.0 Å². The summed E-state index contributed by atoms with van der Waals surface area (Å²) in [5, 5.41) is 3.47. The van der Waals surface area contributed by atoms with E-state index in [-0.39, 0.29) is 17.1 Å². The minimum Gasteiger partial charge on any atom is -0.451 e. The minimum atomic E-state index is -0.555. The molecule has 2 amide bonds. The molecule has 6 nitrogen and oxygen atoms in total. The van der Waals surface area contributed by atoms with Gasteiger partial charge in [0.25, 0.3) is 5.91 Å². The summed E-state index contributed by atoms with van der Waals surface area (Å²) in [5.74, 6) is -0.608. The fraction of sp³-hybridized carbons (Fsp3) is 0.190. The van der Waals surface area contributed by atoms with Gasteiger partial charge in [-0.05, 0) is 43.7 Å². The van der Waals surface area contributed by atoms with Crippen LogP contribution in [0.5, 0.6) is 0 Å². The number of anilines is 2. The van der Waals surface area contributed by atoms with Crippen LogP contribution in [0.25, 0.3) is 11.0 Å². The molecule has 0 saturated carbocycles. The summed E-state index contributed by atoms with van der Waals surface area (Å²) in [6.45, 7) is 2.51. The summed E-state index contributed by atoms with van der Waals surface area (Å²) >= 11 is 6.30. The van der Waals surface area contributed by atoms with Crippen LogP contribution >= 0.6 is 11.6 Å². The van der Waals surface area contributed by atoms with Gasteiger partial charge in [-0.2, -0.15) is 0 Å². The molecule has 1 aromatic heterocycles. The lowest BCUT2D eigenvalue weighted by atomic mass is 10.1. The molecule has 4 rings (SSSR count). The molecule has 0 unspecified atom stereocenters. The number of hydrogen-bond donors (Lipinski definition) is 1. The average Bonchev–Trinajstić information content (AvgIpc) is 3.08. The first kappa shape index (κ1) is 18.3. The summed E-state index contributed by atoms with van der Waals surface area (Å²) in [5.41, 5.74) is 2.07. The minimum absolute atomic E-state index is 0.0341. The summed E-state index contributed by atoms with van der Waals surface area (Å²) < 4.78 is 5.58. The Morgan fingerprint density at radius 3 is 2.68 bits per heavy atom. The number of aryl methyl sites for hydroxylation is 1. The van der Waals surface area contributed by atoms with Crippen LogP contribution in [0, 0.1) is 6.92 Å². The van der Waals surface area contributed by atoms with Crippen molar-refractivity contribution in [2.45, 2.75) is 19.8 Å². The van der Waals surface area contributed by atoms with Crippen molar-refractivity contribution in [2.24, 2.45) is 0 Å². The third-order valence-corrected chi connectivity index (χ3v) is 4.98. The Morgan fingerprint density at radius 2 is 1.96 bits per heavy atom. The van der Waals surface area contributed by atoms with E-state index in [1.165, 1.54) is 6.07 Å². The van der Waals surface area contributed by atoms with Crippen molar-refractivity contribution in [2.75, 3.05) is 16.8 Å². The van der Waals surface area contributed by atoms with E-state index in [4.69, 9.17) is 16.0 Å². The van der Waals surface area contributed by atoms with Crippen molar-refractivity contribution in [3.8, 4) is 0 Å². The molecule has 1 saturated heterocycles. The van der Waals surface area contributed by atoms with E-state index < -0.39 is 5.91 Å². The molecule has 0 bridgehead atoms. The Hall–Kier alpha value is -3.12. The topological polar surface area (TPSA) is 79.6 Å². The smallest absolute Gasteiger partial charge is 0.291 e. The third-order valence-electron chi connectivity index (χ3n) is 4.68. The van der Waals surface area contributed by atoms with Crippen LogP contribution in [-0.2, 0) is 4.79 Å². The second-order valence-corrected chi connectivity index (χ2v) is 7.15. The monoisotopic (exact) mass is 396 g/mol. The van der Waals surface area contributed by atoms with Gasteiger partial charge in [0.15, 0.2) is 11.2 Å². The molecule has 2 aromatic carbocycles. The van der Waals surface area contributed by atoms with Gasteiger partial charge in [0, 0.05) is 24.7 Å². The largest absolute Gasteiger partial charge is 0.451 e. The number of hydrogen-bond acceptors (Lipinski definition) is 4. The number of nitrogens with one attached hydrogen (secondary N) is 1. The molecular formula is C21H17ClN2O4. The third kappa shape index (κ3) is 3.39. The van der Waals surface area contributed by atoms with Gasteiger partial charge < -0.3 is 14.6 Å². The number of carbonyl (C=O) groups is 2. The molecule has 1 fully saturated rings. The number of benzene rings is 2. The normalized spacial score (nSPS) is 13.9. The van der Waals surface area contributed by atoms with Crippen LogP contribution in [0.3, 0.4) is 0 Å². The van der Waals surface area contributed by atoms with E-state index in [0.29, 0.717) is 40.3 Å². The van der Waals surface area contributed by atoms with Crippen molar-refractivity contribution >= 4 is 45.8 Å². The maximum Gasteiger partial charge on any atom is 0.291 e.